The number of carboxylic acid groups (broad SMARTS) is 1. The molecule has 1 aliphatic rings. The van der Waals surface area contributed by atoms with Gasteiger partial charge in [0.25, 0.3) is 0 Å². The molecule has 0 unspecified atom stereocenters. The van der Waals surface area contributed by atoms with Crippen LogP contribution in [0.15, 0.2) is 0 Å². The SMILES string of the molecule is C[C@@H]1CCCCC[C@H](O)C(=O)[C@@H](SCC(=O)O)CC(=O)O1. The van der Waals surface area contributed by atoms with Crippen molar-refractivity contribution >= 4 is 29.5 Å². The summed E-state index contributed by atoms with van der Waals surface area (Å²) in [5.41, 5.74) is 0. The van der Waals surface area contributed by atoms with Crippen LogP contribution in [0.2, 0.25) is 0 Å². The fourth-order valence-corrected chi connectivity index (χ4v) is 3.12. The van der Waals surface area contributed by atoms with E-state index in [1.54, 1.807) is 6.92 Å². The molecule has 0 aromatic heterocycles. The molecule has 0 radical (unpaired) electrons. The first-order valence-electron chi connectivity index (χ1n) is 7.14. The molecule has 21 heavy (non-hydrogen) atoms. The number of ether oxygens (including phenoxy) is 1. The number of hydrogen-bond donors (Lipinski definition) is 2. The van der Waals surface area contributed by atoms with Gasteiger partial charge in [-0.05, 0) is 26.2 Å². The lowest BCUT2D eigenvalue weighted by Crippen LogP contribution is -2.34. The van der Waals surface area contributed by atoms with Crippen molar-refractivity contribution in [3.63, 3.8) is 0 Å². The molecular formula is C14H22O6S. The van der Waals surface area contributed by atoms with E-state index in [0.717, 1.165) is 37.4 Å². The molecule has 0 saturated carbocycles. The van der Waals surface area contributed by atoms with Gasteiger partial charge in [0.2, 0.25) is 0 Å². The number of aliphatic hydroxyl groups is 1. The van der Waals surface area contributed by atoms with Gasteiger partial charge in [-0.2, -0.15) is 0 Å². The van der Waals surface area contributed by atoms with E-state index in [1.165, 1.54) is 0 Å². The molecule has 0 aromatic rings. The average Bonchev–Trinajstić information content (AvgIpc) is 2.40. The Balaban J connectivity index is 2.74. The molecule has 1 heterocycles. The van der Waals surface area contributed by atoms with Crippen LogP contribution in [-0.4, -0.2) is 51.1 Å². The van der Waals surface area contributed by atoms with Crippen molar-refractivity contribution in [1.82, 2.24) is 0 Å². The predicted molar refractivity (Wildman–Crippen MR) is 78.2 cm³/mol. The van der Waals surface area contributed by atoms with Gasteiger partial charge in [-0.15, -0.1) is 11.8 Å². The monoisotopic (exact) mass is 318 g/mol. The van der Waals surface area contributed by atoms with Crippen LogP contribution in [0.25, 0.3) is 0 Å². The number of aliphatic carboxylic acids is 1. The van der Waals surface area contributed by atoms with Gasteiger partial charge in [0, 0.05) is 0 Å². The number of hydrogen-bond acceptors (Lipinski definition) is 6. The van der Waals surface area contributed by atoms with Crippen molar-refractivity contribution < 1.29 is 29.3 Å². The van der Waals surface area contributed by atoms with Crippen LogP contribution in [0, 0.1) is 0 Å². The van der Waals surface area contributed by atoms with Crippen molar-refractivity contribution in [3.05, 3.63) is 0 Å². The molecule has 0 aliphatic carbocycles. The minimum Gasteiger partial charge on any atom is -0.481 e. The number of rotatable bonds is 3. The molecule has 7 heteroatoms. The van der Waals surface area contributed by atoms with Gasteiger partial charge in [-0.25, -0.2) is 0 Å². The smallest absolute Gasteiger partial charge is 0.313 e. The Morgan fingerprint density at radius 1 is 1.29 bits per heavy atom. The number of ketones is 1. The third kappa shape index (κ3) is 6.95. The van der Waals surface area contributed by atoms with E-state index in [1.807, 2.05) is 0 Å². The van der Waals surface area contributed by atoms with Crippen molar-refractivity contribution in [3.8, 4) is 0 Å². The first kappa shape index (κ1) is 18.0. The maximum absolute atomic E-state index is 12.1. The number of esters is 1. The van der Waals surface area contributed by atoms with E-state index in [2.05, 4.69) is 0 Å². The zero-order valence-corrected chi connectivity index (χ0v) is 12.9. The Kier molecular flexibility index (Phi) is 7.74. The van der Waals surface area contributed by atoms with E-state index < -0.39 is 29.1 Å². The highest BCUT2D eigenvalue weighted by Crippen LogP contribution is 2.22. The van der Waals surface area contributed by atoms with Crippen LogP contribution < -0.4 is 0 Å². The third-order valence-electron chi connectivity index (χ3n) is 3.33. The molecule has 1 saturated heterocycles. The third-order valence-corrected chi connectivity index (χ3v) is 4.54. The highest BCUT2D eigenvalue weighted by atomic mass is 32.2. The summed E-state index contributed by atoms with van der Waals surface area (Å²) < 4.78 is 5.21. The van der Waals surface area contributed by atoms with E-state index in [4.69, 9.17) is 9.84 Å². The second-order valence-electron chi connectivity index (χ2n) is 5.25. The van der Waals surface area contributed by atoms with E-state index in [-0.39, 0.29) is 18.3 Å². The van der Waals surface area contributed by atoms with Gasteiger partial charge >= 0.3 is 11.9 Å². The molecule has 1 fully saturated rings. The summed E-state index contributed by atoms with van der Waals surface area (Å²) in [6.07, 6.45) is 2.03. The quantitative estimate of drug-likeness (QED) is 0.758. The van der Waals surface area contributed by atoms with E-state index in [0.29, 0.717) is 6.42 Å². The maximum atomic E-state index is 12.1. The maximum Gasteiger partial charge on any atom is 0.313 e. The van der Waals surface area contributed by atoms with Crippen LogP contribution in [-0.2, 0) is 19.1 Å². The predicted octanol–water partition coefficient (Wildman–Crippen LogP) is 1.39. The van der Waals surface area contributed by atoms with Gasteiger partial charge < -0.3 is 14.9 Å². The Morgan fingerprint density at radius 2 is 1.95 bits per heavy atom. The second kappa shape index (κ2) is 9.04. The number of carbonyl (C=O) groups is 3. The molecule has 120 valence electrons. The fraction of sp³-hybridized carbons (Fsp3) is 0.786. The van der Waals surface area contributed by atoms with Crippen LogP contribution in [0.4, 0.5) is 0 Å². The number of carbonyl (C=O) groups excluding carboxylic acids is 2. The Morgan fingerprint density at radius 3 is 2.62 bits per heavy atom. The molecule has 0 amide bonds. The topological polar surface area (TPSA) is 101 Å². The van der Waals surface area contributed by atoms with Crippen molar-refractivity contribution in [2.75, 3.05) is 5.75 Å². The zero-order chi connectivity index (χ0) is 15.8. The minimum absolute atomic E-state index is 0.196. The first-order valence-corrected chi connectivity index (χ1v) is 8.19. The highest BCUT2D eigenvalue weighted by molar-refractivity contribution is 8.01. The van der Waals surface area contributed by atoms with Crippen molar-refractivity contribution in [2.45, 2.75) is 62.9 Å². The summed E-state index contributed by atoms with van der Waals surface area (Å²) in [6.45, 7) is 1.81. The number of carboxylic acids is 1. The minimum atomic E-state index is -1.14. The van der Waals surface area contributed by atoms with Gasteiger partial charge in [0.1, 0.15) is 6.10 Å². The molecule has 1 rings (SSSR count). The van der Waals surface area contributed by atoms with Crippen molar-refractivity contribution in [1.29, 1.82) is 0 Å². The van der Waals surface area contributed by atoms with Crippen molar-refractivity contribution in [2.24, 2.45) is 0 Å². The lowest BCUT2D eigenvalue weighted by molar-refractivity contribution is -0.150. The van der Waals surface area contributed by atoms with Gasteiger partial charge in [0.05, 0.1) is 23.5 Å². The molecule has 1 aliphatic heterocycles. The van der Waals surface area contributed by atoms with Crippen LogP contribution in [0.1, 0.15) is 45.4 Å². The summed E-state index contributed by atoms with van der Waals surface area (Å²) >= 11 is 0.863. The van der Waals surface area contributed by atoms with Gasteiger partial charge in [-0.3, -0.25) is 14.4 Å². The standard InChI is InChI=1S/C14H22O6S/c1-9-5-3-2-4-6-10(15)14(19)11(7-13(18)20-9)21-8-12(16)17/h9-11,15H,2-8H2,1H3,(H,16,17)/t9-,10+,11+/m1/s1. The van der Waals surface area contributed by atoms with Crippen LogP contribution >= 0.6 is 11.8 Å². The number of cyclic esters (lactones) is 1. The summed E-state index contributed by atoms with van der Waals surface area (Å²) in [6, 6.07) is 0. The van der Waals surface area contributed by atoms with Gasteiger partial charge in [0.15, 0.2) is 5.78 Å². The highest BCUT2D eigenvalue weighted by Gasteiger charge is 2.29. The summed E-state index contributed by atoms with van der Waals surface area (Å²) in [4.78, 5) is 34.6. The number of Topliss-reactive ketones (excluding diaryl/α,β-unsaturated/α-hetero) is 1. The van der Waals surface area contributed by atoms with Crippen LogP contribution in [0.3, 0.4) is 0 Å². The molecular weight excluding hydrogens is 296 g/mol. The summed E-state index contributed by atoms with van der Waals surface area (Å²) in [5, 5.41) is 17.7. The Labute approximate surface area is 128 Å². The second-order valence-corrected chi connectivity index (χ2v) is 6.45. The Hall–Kier alpha value is -1.08. The van der Waals surface area contributed by atoms with Gasteiger partial charge in [-0.1, -0.05) is 12.8 Å². The number of thioether (sulfide) groups is 1. The first-order chi connectivity index (χ1) is 9.90. The molecule has 0 bridgehead atoms. The lowest BCUT2D eigenvalue weighted by Gasteiger charge is -2.20. The average molecular weight is 318 g/mol. The largest absolute Gasteiger partial charge is 0.481 e. The molecule has 3 atom stereocenters. The Bertz CT molecular complexity index is 384. The van der Waals surface area contributed by atoms with E-state index >= 15 is 0 Å². The van der Waals surface area contributed by atoms with E-state index in [9.17, 15) is 19.5 Å². The number of aliphatic hydroxyl groups excluding tert-OH is 1. The summed E-state index contributed by atoms with van der Waals surface area (Å²) in [7, 11) is 0. The normalized spacial score (nSPS) is 29.1. The fourth-order valence-electron chi connectivity index (χ4n) is 2.20. The molecule has 0 aromatic carbocycles. The lowest BCUT2D eigenvalue weighted by atomic mass is 10.0. The molecule has 0 spiro atoms. The molecule has 6 nitrogen and oxygen atoms in total. The summed E-state index contributed by atoms with van der Waals surface area (Å²) in [5.74, 6) is -2.35. The molecule has 2 N–H and O–H groups in total. The van der Waals surface area contributed by atoms with Crippen LogP contribution in [0.5, 0.6) is 0 Å². The zero-order valence-electron chi connectivity index (χ0n) is 12.1.